The summed E-state index contributed by atoms with van der Waals surface area (Å²) in [6.45, 7) is -0.609. The summed E-state index contributed by atoms with van der Waals surface area (Å²) in [6, 6.07) is 18.9. The lowest BCUT2D eigenvalue weighted by Crippen LogP contribution is -2.25. The highest BCUT2D eigenvalue weighted by Crippen LogP contribution is 2.46. The summed E-state index contributed by atoms with van der Waals surface area (Å²) in [5, 5.41) is 22.1. The molecule has 4 rings (SSSR count). The number of carboxylic acids is 2. The lowest BCUT2D eigenvalue weighted by molar-refractivity contribution is -0.139. The first kappa shape index (κ1) is 23.3. The zero-order valence-electron chi connectivity index (χ0n) is 17.8. The highest BCUT2D eigenvalue weighted by Gasteiger charge is 2.25. The van der Waals surface area contributed by atoms with Gasteiger partial charge in [0, 0.05) is 11.7 Å². The number of nitrogens with one attached hydrogen (secondary N) is 1. The van der Waals surface area contributed by atoms with Crippen LogP contribution in [0.15, 0.2) is 59.1 Å². The van der Waals surface area contributed by atoms with Crippen LogP contribution < -0.4 is 10.1 Å². The van der Waals surface area contributed by atoms with E-state index in [2.05, 4.69) is 51.6 Å². The van der Waals surface area contributed by atoms with Crippen LogP contribution in [-0.2, 0) is 4.79 Å². The number of hydrogen-bond donors (Lipinski definition) is 3. The molecule has 1 aliphatic rings. The Balaban J connectivity index is 1.48. The predicted molar refractivity (Wildman–Crippen MR) is 133 cm³/mol. The van der Waals surface area contributed by atoms with Crippen LogP contribution in [0.3, 0.4) is 0 Å². The summed E-state index contributed by atoms with van der Waals surface area (Å²) < 4.78 is 5.71. The van der Waals surface area contributed by atoms with Crippen LogP contribution in [0.1, 0.15) is 46.8 Å². The largest absolute Gasteiger partial charge is 0.479 e. The number of aliphatic carboxylic acids is 1. The van der Waals surface area contributed by atoms with Gasteiger partial charge >= 0.3 is 11.9 Å². The standard InChI is InChI=1S/C25H24BrNO5S/c26-21-22(32-14-20(28)29)24(25(30)31)33-23(21)17-7-4-8-19(13-17)27-18-11-9-16(10-12-18)15-5-2-1-3-6-15/h1-8,13,16,18,27H,9-12,14H2,(H,28,29)(H,30,31). The fourth-order valence-corrected chi connectivity index (χ4v) is 6.16. The molecule has 0 spiro atoms. The van der Waals surface area contributed by atoms with Crippen LogP contribution in [0.2, 0.25) is 0 Å². The molecule has 6 nitrogen and oxygen atoms in total. The van der Waals surface area contributed by atoms with Gasteiger partial charge in [0.2, 0.25) is 0 Å². The number of carboxylic acid groups (broad SMARTS) is 2. The molecule has 0 aliphatic heterocycles. The highest BCUT2D eigenvalue weighted by molar-refractivity contribution is 9.10. The lowest BCUT2D eigenvalue weighted by Gasteiger charge is -2.30. The summed E-state index contributed by atoms with van der Waals surface area (Å²) >= 11 is 4.48. The molecular weight excluding hydrogens is 506 g/mol. The first-order valence-corrected chi connectivity index (χ1v) is 12.4. The Bertz CT molecular complexity index is 1140. The summed E-state index contributed by atoms with van der Waals surface area (Å²) in [7, 11) is 0. The molecule has 1 saturated carbocycles. The van der Waals surface area contributed by atoms with Gasteiger partial charge in [-0.25, -0.2) is 9.59 Å². The number of benzene rings is 2. The minimum Gasteiger partial charge on any atom is -0.479 e. The second-order valence-electron chi connectivity index (χ2n) is 8.08. The molecule has 0 amide bonds. The van der Waals surface area contributed by atoms with Gasteiger partial charge < -0.3 is 20.3 Å². The van der Waals surface area contributed by atoms with Crippen LogP contribution in [0, 0.1) is 0 Å². The Morgan fingerprint density at radius 2 is 1.76 bits per heavy atom. The van der Waals surface area contributed by atoms with Crippen LogP contribution in [0.25, 0.3) is 10.4 Å². The van der Waals surface area contributed by atoms with Crippen molar-refractivity contribution in [3.05, 3.63) is 69.5 Å². The monoisotopic (exact) mass is 529 g/mol. The van der Waals surface area contributed by atoms with Gasteiger partial charge in [0.05, 0.1) is 9.35 Å². The van der Waals surface area contributed by atoms with Crippen molar-refractivity contribution < 1.29 is 24.5 Å². The second kappa shape index (κ2) is 10.4. The number of aromatic carboxylic acids is 1. The molecule has 172 valence electrons. The quantitative estimate of drug-likeness (QED) is 0.309. The first-order valence-electron chi connectivity index (χ1n) is 10.7. The molecule has 0 saturated heterocycles. The fourth-order valence-electron chi connectivity index (χ4n) is 4.27. The fraction of sp³-hybridized carbons (Fsp3) is 0.280. The number of rotatable bonds is 8. The van der Waals surface area contributed by atoms with Gasteiger partial charge in [0.15, 0.2) is 17.2 Å². The normalized spacial score (nSPS) is 18.0. The minimum absolute atomic E-state index is 0.0317. The maximum absolute atomic E-state index is 11.7. The van der Waals surface area contributed by atoms with E-state index in [1.165, 1.54) is 5.56 Å². The van der Waals surface area contributed by atoms with Crippen molar-refractivity contribution in [1.82, 2.24) is 0 Å². The van der Waals surface area contributed by atoms with Gasteiger partial charge in [-0.15, -0.1) is 11.3 Å². The van der Waals surface area contributed by atoms with E-state index in [4.69, 9.17) is 9.84 Å². The third-order valence-electron chi connectivity index (χ3n) is 5.84. The molecule has 2 aromatic carbocycles. The van der Waals surface area contributed by atoms with Crippen LogP contribution in [0.5, 0.6) is 5.75 Å². The number of anilines is 1. The van der Waals surface area contributed by atoms with Crippen molar-refractivity contribution in [3.63, 3.8) is 0 Å². The summed E-state index contributed by atoms with van der Waals surface area (Å²) in [6.07, 6.45) is 4.46. The zero-order chi connectivity index (χ0) is 23.4. The van der Waals surface area contributed by atoms with E-state index in [-0.39, 0.29) is 10.6 Å². The van der Waals surface area contributed by atoms with Gasteiger partial charge in [-0.2, -0.15) is 0 Å². The highest BCUT2D eigenvalue weighted by atomic mass is 79.9. The van der Waals surface area contributed by atoms with E-state index in [0.717, 1.165) is 48.3 Å². The van der Waals surface area contributed by atoms with Gasteiger partial charge in [0.25, 0.3) is 0 Å². The van der Waals surface area contributed by atoms with Crippen molar-refractivity contribution in [2.45, 2.75) is 37.6 Å². The molecule has 8 heteroatoms. The van der Waals surface area contributed by atoms with Crippen molar-refractivity contribution in [2.75, 3.05) is 11.9 Å². The number of halogens is 1. The van der Waals surface area contributed by atoms with Crippen LogP contribution in [-0.4, -0.2) is 34.8 Å². The Kier molecular flexibility index (Phi) is 7.35. The third-order valence-corrected chi connectivity index (χ3v) is 8.06. The molecule has 1 fully saturated rings. The number of ether oxygens (including phenoxy) is 1. The predicted octanol–water partition coefficient (Wildman–Crippen LogP) is 6.48. The van der Waals surface area contributed by atoms with Gasteiger partial charge in [-0.05, 0) is 70.8 Å². The maximum atomic E-state index is 11.7. The average molecular weight is 530 g/mol. The molecule has 1 heterocycles. The second-order valence-corrected chi connectivity index (χ2v) is 9.89. The number of carbonyl (C=O) groups is 2. The van der Waals surface area contributed by atoms with Crippen molar-refractivity contribution in [2.24, 2.45) is 0 Å². The van der Waals surface area contributed by atoms with Crippen molar-refractivity contribution >= 4 is 44.9 Å². The summed E-state index contributed by atoms with van der Waals surface area (Å²) in [4.78, 5) is 23.2. The molecule has 0 bridgehead atoms. The molecule has 1 aliphatic carbocycles. The van der Waals surface area contributed by atoms with E-state index in [1.54, 1.807) is 0 Å². The minimum atomic E-state index is -1.17. The zero-order valence-corrected chi connectivity index (χ0v) is 20.2. The molecule has 33 heavy (non-hydrogen) atoms. The van der Waals surface area contributed by atoms with Crippen LogP contribution >= 0.6 is 27.3 Å². The van der Waals surface area contributed by atoms with Gasteiger partial charge in [0.1, 0.15) is 0 Å². The lowest BCUT2D eigenvalue weighted by atomic mass is 9.82. The Labute approximate surface area is 204 Å². The van der Waals surface area contributed by atoms with Crippen molar-refractivity contribution in [1.29, 1.82) is 0 Å². The molecule has 3 aromatic rings. The number of hydrogen-bond acceptors (Lipinski definition) is 5. The van der Waals surface area contributed by atoms with Crippen LogP contribution in [0.4, 0.5) is 5.69 Å². The first-order chi connectivity index (χ1) is 15.9. The Morgan fingerprint density at radius 3 is 2.42 bits per heavy atom. The van der Waals surface area contributed by atoms with E-state index >= 15 is 0 Å². The number of thiophene rings is 1. The van der Waals surface area contributed by atoms with E-state index in [1.807, 2.05) is 24.3 Å². The molecule has 0 unspecified atom stereocenters. The molecule has 0 atom stereocenters. The topological polar surface area (TPSA) is 95.9 Å². The third kappa shape index (κ3) is 5.57. The molecule has 3 N–H and O–H groups in total. The maximum Gasteiger partial charge on any atom is 0.349 e. The van der Waals surface area contributed by atoms with E-state index in [0.29, 0.717) is 21.3 Å². The molecule has 0 radical (unpaired) electrons. The molecule has 1 aromatic heterocycles. The summed E-state index contributed by atoms with van der Waals surface area (Å²) in [5.41, 5.74) is 3.22. The van der Waals surface area contributed by atoms with E-state index in [9.17, 15) is 14.7 Å². The molecular formula is C25H24BrNO5S. The van der Waals surface area contributed by atoms with Gasteiger partial charge in [-0.1, -0.05) is 42.5 Å². The Morgan fingerprint density at radius 1 is 1.03 bits per heavy atom. The smallest absolute Gasteiger partial charge is 0.349 e. The van der Waals surface area contributed by atoms with Gasteiger partial charge in [-0.3, -0.25) is 0 Å². The van der Waals surface area contributed by atoms with E-state index < -0.39 is 18.5 Å². The average Bonchev–Trinajstić information content (AvgIpc) is 3.15. The SMILES string of the molecule is O=C(O)COc1c(C(=O)O)sc(-c2cccc(NC3CCC(c4ccccc4)CC3)c2)c1Br. The Hall–Kier alpha value is -2.84. The summed E-state index contributed by atoms with van der Waals surface area (Å²) in [5.74, 6) is -1.67. The van der Waals surface area contributed by atoms with Crippen molar-refractivity contribution in [3.8, 4) is 16.2 Å².